The predicted molar refractivity (Wildman–Crippen MR) is 48.1 cm³/mol. The van der Waals surface area contributed by atoms with Gasteiger partial charge in [0.25, 0.3) is 0 Å². The van der Waals surface area contributed by atoms with E-state index >= 15 is 0 Å². The second-order valence-corrected chi connectivity index (χ2v) is 3.19. The number of allylic oxidation sites excluding steroid dienone is 1. The van der Waals surface area contributed by atoms with Gasteiger partial charge >= 0.3 is 0 Å². The van der Waals surface area contributed by atoms with Crippen molar-refractivity contribution in [3.05, 3.63) is 12.2 Å². The Morgan fingerprint density at radius 1 is 1.10 bits per heavy atom. The van der Waals surface area contributed by atoms with Gasteiger partial charge in [-0.1, -0.05) is 39.8 Å². The molecule has 0 aromatic carbocycles. The maximum atomic E-state index is 4.10. The van der Waals surface area contributed by atoms with Crippen molar-refractivity contribution in [2.24, 2.45) is 11.8 Å². The van der Waals surface area contributed by atoms with Gasteiger partial charge in [0, 0.05) is 0 Å². The zero-order valence-corrected chi connectivity index (χ0v) is 7.78. The van der Waals surface area contributed by atoms with Crippen molar-refractivity contribution >= 4 is 0 Å². The lowest BCUT2D eigenvalue weighted by Crippen LogP contribution is -2.05. The van der Waals surface area contributed by atoms with Crippen LogP contribution in [-0.4, -0.2) is 0 Å². The van der Waals surface area contributed by atoms with Gasteiger partial charge < -0.3 is 0 Å². The first-order valence-corrected chi connectivity index (χ1v) is 4.32. The second kappa shape index (κ2) is 4.54. The molecule has 0 spiro atoms. The lowest BCUT2D eigenvalue weighted by molar-refractivity contribution is 0.533. The molecule has 0 aliphatic carbocycles. The molecular weight excluding hydrogens is 120 g/mol. The highest BCUT2D eigenvalue weighted by molar-refractivity contribution is 5.02. The summed E-state index contributed by atoms with van der Waals surface area (Å²) in [7, 11) is 0. The molecule has 0 unspecified atom stereocenters. The third-order valence-electron chi connectivity index (χ3n) is 2.49. The molecule has 0 fully saturated rings. The standard InChI is InChI=1S/C10H20/c1-6-8(3)10(5)9(4)7-2/h8-9H,5-7H2,1-4H3/t8-,9-/m1/s1. The van der Waals surface area contributed by atoms with E-state index in [0.29, 0.717) is 11.8 Å². The highest BCUT2D eigenvalue weighted by Crippen LogP contribution is 2.22. The van der Waals surface area contributed by atoms with E-state index in [2.05, 4.69) is 34.3 Å². The summed E-state index contributed by atoms with van der Waals surface area (Å²) >= 11 is 0. The van der Waals surface area contributed by atoms with Crippen molar-refractivity contribution in [3.63, 3.8) is 0 Å². The maximum Gasteiger partial charge on any atom is -0.0234 e. The summed E-state index contributed by atoms with van der Waals surface area (Å²) in [5, 5.41) is 0. The van der Waals surface area contributed by atoms with Crippen LogP contribution in [0.25, 0.3) is 0 Å². The molecule has 0 bridgehead atoms. The average molecular weight is 140 g/mol. The molecule has 0 aliphatic heterocycles. The molecular formula is C10H20. The maximum absolute atomic E-state index is 4.10. The summed E-state index contributed by atoms with van der Waals surface area (Å²) in [6.07, 6.45) is 2.45. The van der Waals surface area contributed by atoms with E-state index in [1.165, 1.54) is 18.4 Å². The van der Waals surface area contributed by atoms with Crippen LogP contribution in [0, 0.1) is 11.8 Å². The summed E-state index contributed by atoms with van der Waals surface area (Å²) in [6, 6.07) is 0. The smallest absolute Gasteiger partial charge is 0.0234 e. The summed E-state index contributed by atoms with van der Waals surface area (Å²) in [4.78, 5) is 0. The highest BCUT2D eigenvalue weighted by Gasteiger charge is 2.09. The zero-order chi connectivity index (χ0) is 8.15. The van der Waals surface area contributed by atoms with Crippen LogP contribution in [0.2, 0.25) is 0 Å². The fourth-order valence-electron chi connectivity index (χ4n) is 1.01. The second-order valence-electron chi connectivity index (χ2n) is 3.19. The summed E-state index contributed by atoms with van der Waals surface area (Å²) in [5.41, 5.74) is 1.42. The molecule has 0 N–H and O–H groups in total. The zero-order valence-electron chi connectivity index (χ0n) is 7.78. The van der Waals surface area contributed by atoms with E-state index in [1.54, 1.807) is 0 Å². The molecule has 0 radical (unpaired) electrons. The molecule has 0 nitrogen and oxygen atoms in total. The molecule has 2 atom stereocenters. The van der Waals surface area contributed by atoms with Gasteiger partial charge in [0.15, 0.2) is 0 Å². The van der Waals surface area contributed by atoms with Gasteiger partial charge in [0.1, 0.15) is 0 Å². The van der Waals surface area contributed by atoms with Crippen LogP contribution in [0.15, 0.2) is 12.2 Å². The van der Waals surface area contributed by atoms with Gasteiger partial charge in [0.05, 0.1) is 0 Å². The SMILES string of the molecule is C=C([C@H](C)CC)[C@H](C)CC. The largest absolute Gasteiger partial charge is 0.0993 e. The van der Waals surface area contributed by atoms with E-state index < -0.39 is 0 Å². The molecule has 0 aliphatic rings. The van der Waals surface area contributed by atoms with Crippen molar-refractivity contribution in [3.8, 4) is 0 Å². The molecule has 0 amide bonds. The molecule has 60 valence electrons. The van der Waals surface area contributed by atoms with E-state index in [4.69, 9.17) is 0 Å². The average Bonchev–Trinajstić information content (AvgIpc) is 2.00. The normalized spacial score (nSPS) is 16.4. The summed E-state index contributed by atoms with van der Waals surface area (Å²) in [6.45, 7) is 13.1. The third-order valence-corrected chi connectivity index (χ3v) is 2.49. The fourth-order valence-corrected chi connectivity index (χ4v) is 1.01. The topological polar surface area (TPSA) is 0 Å². The van der Waals surface area contributed by atoms with Crippen molar-refractivity contribution in [2.75, 3.05) is 0 Å². The third kappa shape index (κ3) is 2.55. The van der Waals surface area contributed by atoms with Gasteiger partial charge in [-0.25, -0.2) is 0 Å². The van der Waals surface area contributed by atoms with Gasteiger partial charge in [-0.2, -0.15) is 0 Å². The Morgan fingerprint density at radius 3 is 1.60 bits per heavy atom. The number of hydrogen-bond donors (Lipinski definition) is 0. The Balaban J connectivity index is 3.82. The van der Waals surface area contributed by atoms with Crippen LogP contribution >= 0.6 is 0 Å². The molecule has 0 aromatic rings. The minimum Gasteiger partial charge on any atom is -0.0993 e. The molecule has 0 saturated carbocycles. The van der Waals surface area contributed by atoms with Crippen molar-refractivity contribution in [1.82, 2.24) is 0 Å². The molecule has 0 heterocycles. The van der Waals surface area contributed by atoms with Crippen LogP contribution in [0.5, 0.6) is 0 Å². The molecule has 0 heteroatoms. The molecule has 10 heavy (non-hydrogen) atoms. The number of rotatable bonds is 4. The first-order valence-electron chi connectivity index (χ1n) is 4.32. The number of hydrogen-bond acceptors (Lipinski definition) is 0. The van der Waals surface area contributed by atoms with Crippen LogP contribution in [0.3, 0.4) is 0 Å². The highest BCUT2D eigenvalue weighted by atomic mass is 14.1. The van der Waals surface area contributed by atoms with Gasteiger partial charge in [0.2, 0.25) is 0 Å². The Labute approximate surface area is 65.3 Å². The predicted octanol–water partition coefficient (Wildman–Crippen LogP) is 3.63. The quantitative estimate of drug-likeness (QED) is 0.523. The van der Waals surface area contributed by atoms with Crippen LogP contribution in [0.1, 0.15) is 40.5 Å². The monoisotopic (exact) mass is 140 g/mol. The lowest BCUT2D eigenvalue weighted by atomic mass is 9.88. The minimum atomic E-state index is 0.704. The van der Waals surface area contributed by atoms with Crippen molar-refractivity contribution in [1.29, 1.82) is 0 Å². The molecule has 0 saturated heterocycles. The van der Waals surface area contributed by atoms with Crippen LogP contribution in [-0.2, 0) is 0 Å². The lowest BCUT2D eigenvalue weighted by Gasteiger charge is -2.17. The van der Waals surface area contributed by atoms with Crippen molar-refractivity contribution < 1.29 is 0 Å². The minimum absolute atomic E-state index is 0.704. The Morgan fingerprint density at radius 2 is 1.40 bits per heavy atom. The Bertz CT molecular complexity index is 90.6. The Kier molecular flexibility index (Phi) is 4.42. The first kappa shape index (κ1) is 9.74. The van der Waals surface area contributed by atoms with E-state index in [0.717, 1.165) is 0 Å². The molecule has 0 rings (SSSR count). The van der Waals surface area contributed by atoms with Crippen molar-refractivity contribution in [2.45, 2.75) is 40.5 Å². The van der Waals surface area contributed by atoms with E-state index in [-0.39, 0.29) is 0 Å². The van der Waals surface area contributed by atoms with Crippen LogP contribution in [0.4, 0.5) is 0 Å². The molecule has 0 aromatic heterocycles. The van der Waals surface area contributed by atoms with E-state index in [9.17, 15) is 0 Å². The van der Waals surface area contributed by atoms with Gasteiger partial charge in [-0.15, -0.1) is 0 Å². The Hall–Kier alpha value is -0.260. The summed E-state index contributed by atoms with van der Waals surface area (Å²) < 4.78 is 0. The summed E-state index contributed by atoms with van der Waals surface area (Å²) in [5.74, 6) is 1.41. The van der Waals surface area contributed by atoms with E-state index in [1.807, 2.05) is 0 Å². The first-order chi connectivity index (χ1) is 4.63. The van der Waals surface area contributed by atoms with Gasteiger partial charge in [-0.3, -0.25) is 0 Å². The van der Waals surface area contributed by atoms with Gasteiger partial charge in [-0.05, 0) is 24.7 Å². The fraction of sp³-hybridized carbons (Fsp3) is 0.800. The van der Waals surface area contributed by atoms with Crippen LogP contribution < -0.4 is 0 Å².